The van der Waals surface area contributed by atoms with E-state index in [-0.39, 0.29) is 0 Å². The molecule has 0 aliphatic rings. The van der Waals surface area contributed by atoms with Gasteiger partial charge >= 0.3 is 0 Å². The third-order valence-electron chi connectivity index (χ3n) is 1.20. The maximum Gasteiger partial charge on any atom is 0.0360 e. The summed E-state index contributed by atoms with van der Waals surface area (Å²) >= 11 is 0. The number of hydrogen-bond acceptors (Lipinski definition) is 1. The molecule has 0 unspecified atom stereocenters. The fourth-order valence-corrected chi connectivity index (χ4v) is 0.683. The first-order valence-corrected chi connectivity index (χ1v) is 3.66. The number of unbranched alkanes of at least 4 members (excludes halogenated alkanes) is 1. The molecule has 1 nitrogen and oxygen atoms in total. The van der Waals surface area contributed by atoms with Crippen molar-refractivity contribution >= 4 is 5.71 Å². The molecule has 0 amide bonds. The molecule has 9 heavy (non-hydrogen) atoms. The van der Waals surface area contributed by atoms with E-state index in [0.29, 0.717) is 0 Å². The van der Waals surface area contributed by atoms with Gasteiger partial charge in [0.15, 0.2) is 0 Å². The van der Waals surface area contributed by atoms with Gasteiger partial charge in [-0.3, -0.25) is 4.99 Å². The Morgan fingerprint density at radius 2 is 2.11 bits per heavy atom. The molecule has 0 fully saturated rings. The largest absolute Gasteiger partial charge is 0.294 e. The van der Waals surface area contributed by atoms with E-state index in [1.54, 1.807) is 0 Å². The summed E-state index contributed by atoms with van der Waals surface area (Å²) < 4.78 is 0. The summed E-state index contributed by atoms with van der Waals surface area (Å²) in [4.78, 5) is 4.17. The van der Waals surface area contributed by atoms with E-state index in [4.69, 9.17) is 0 Å². The van der Waals surface area contributed by atoms with Gasteiger partial charge in [-0.05, 0) is 26.7 Å². The van der Waals surface area contributed by atoms with Crippen LogP contribution in [0.4, 0.5) is 0 Å². The molecule has 0 heterocycles. The van der Waals surface area contributed by atoms with Gasteiger partial charge in [-0.25, -0.2) is 0 Å². The van der Waals surface area contributed by atoms with E-state index in [0.717, 1.165) is 18.7 Å². The Balaban J connectivity index is 3.25. The van der Waals surface area contributed by atoms with Gasteiger partial charge in [0.2, 0.25) is 0 Å². The van der Waals surface area contributed by atoms with Crippen LogP contribution in [0.2, 0.25) is 0 Å². The highest BCUT2D eigenvalue weighted by molar-refractivity contribution is 5.88. The van der Waals surface area contributed by atoms with Crippen LogP contribution in [0.15, 0.2) is 4.99 Å². The van der Waals surface area contributed by atoms with Crippen molar-refractivity contribution in [2.45, 2.75) is 33.1 Å². The lowest BCUT2D eigenvalue weighted by molar-refractivity contribution is 0.833. The Bertz CT molecular complexity index is 84.6. The van der Waals surface area contributed by atoms with E-state index >= 15 is 0 Å². The normalized spacial score (nSPS) is 12.1. The van der Waals surface area contributed by atoms with E-state index < -0.39 is 0 Å². The second kappa shape index (κ2) is 5.80. The van der Waals surface area contributed by atoms with Crippen molar-refractivity contribution in [2.75, 3.05) is 6.54 Å². The number of hydrogen-bond donors (Lipinski definition) is 0. The van der Waals surface area contributed by atoms with Crippen LogP contribution in [-0.2, 0) is 0 Å². The van der Waals surface area contributed by atoms with Crippen LogP contribution in [0.1, 0.15) is 33.1 Å². The first kappa shape index (κ1) is 8.67. The van der Waals surface area contributed by atoms with Gasteiger partial charge < -0.3 is 0 Å². The van der Waals surface area contributed by atoms with E-state index in [1.807, 2.05) is 6.92 Å². The highest BCUT2D eigenvalue weighted by atomic mass is 14.7. The fraction of sp³-hybridized carbons (Fsp3) is 0.750. The van der Waals surface area contributed by atoms with E-state index in [9.17, 15) is 0 Å². The molecule has 0 aromatic rings. The van der Waals surface area contributed by atoms with Crippen molar-refractivity contribution in [3.63, 3.8) is 0 Å². The zero-order valence-electron chi connectivity index (χ0n) is 6.48. The summed E-state index contributed by atoms with van der Waals surface area (Å²) in [5.74, 6) is 0. The number of rotatable bonds is 4. The number of nitrogens with zero attached hydrogens (tertiary/aromatic N) is 1. The lowest BCUT2D eigenvalue weighted by Crippen LogP contribution is -1.91. The highest BCUT2D eigenvalue weighted by Gasteiger charge is 1.87. The van der Waals surface area contributed by atoms with Gasteiger partial charge in [0, 0.05) is 12.3 Å². The van der Waals surface area contributed by atoms with E-state index in [1.165, 1.54) is 12.8 Å². The summed E-state index contributed by atoms with van der Waals surface area (Å²) in [5, 5.41) is 0. The van der Waals surface area contributed by atoms with Crippen molar-refractivity contribution in [1.82, 2.24) is 0 Å². The first-order chi connectivity index (χ1) is 4.31. The van der Waals surface area contributed by atoms with Crippen LogP contribution in [0.5, 0.6) is 0 Å². The van der Waals surface area contributed by atoms with Crippen molar-refractivity contribution in [3.8, 4) is 0 Å². The average molecular weight is 126 g/mol. The summed E-state index contributed by atoms with van der Waals surface area (Å²) in [5.41, 5.74) is 1.05. The Morgan fingerprint density at radius 1 is 1.44 bits per heavy atom. The molecule has 0 aromatic heterocycles. The molecule has 0 aliphatic carbocycles. The van der Waals surface area contributed by atoms with Gasteiger partial charge in [-0.15, -0.1) is 0 Å². The Labute approximate surface area is 58.2 Å². The van der Waals surface area contributed by atoms with Crippen LogP contribution in [0.3, 0.4) is 0 Å². The molecule has 1 heteroatoms. The van der Waals surface area contributed by atoms with Gasteiger partial charge in [0.05, 0.1) is 0 Å². The minimum atomic E-state index is 0.878. The Morgan fingerprint density at radius 3 is 2.56 bits per heavy atom. The maximum atomic E-state index is 4.17. The van der Waals surface area contributed by atoms with Crippen molar-refractivity contribution < 1.29 is 0 Å². The Kier molecular flexibility index (Phi) is 5.59. The standard InChI is InChI=1S/C8H16N/c1-4-6-7-8(3)9-5-2/h3-7H2,1-2H3. The topological polar surface area (TPSA) is 12.4 Å². The van der Waals surface area contributed by atoms with Crippen LogP contribution in [0.25, 0.3) is 0 Å². The average Bonchev–Trinajstić information content (AvgIpc) is 1.85. The molecular weight excluding hydrogens is 110 g/mol. The van der Waals surface area contributed by atoms with Gasteiger partial charge in [0.1, 0.15) is 0 Å². The van der Waals surface area contributed by atoms with Gasteiger partial charge in [-0.2, -0.15) is 0 Å². The lowest BCUT2D eigenvalue weighted by Gasteiger charge is -1.95. The predicted octanol–water partition coefficient (Wildman–Crippen LogP) is 2.47. The molecule has 0 N–H and O–H groups in total. The fourth-order valence-electron chi connectivity index (χ4n) is 0.683. The predicted molar refractivity (Wildman–Crippen MR) is 42.9 cm³/mol. The quantitative estimate of drug-likeness (QED) is 0.513. The summed E-state index contributed by atoms with van der Waals surface area (Å²) in [6, 6.07) is 0. The highest BCUT2D eigenvalue weighted by Crippen LogP contribution is 1.95. The molecule has 53 valence electrons. The molecule has 0 rings (SSSR count). The first-order valence-electron chi connectivity index (χ1n) is 3.66. The van der Waals surface area contributed by atoms with Crippen LogP contribution >= 0.6 is 0 Å². The molecule has 0 bridgehead atoms. The van der Waals surface area contributed by atoms with E-state index in [2.05, 4.69) is 18.8 Å². The monoisotopic (exact) mass is 126 g/mol. The summed E-state index contributed by atoms with van der Waals surface area (Å²) in [6.45, 7) is 8.91. The maximum absolute atomic E-state index is 4.17. The molecular formula is C8H16N. The smallest absolute Gasteiger partial charge is 0.0360 e. The van der Waals surface area contributed by atoms with Crippen LogP contribution < -0.4 is 0 Å². The van der Waals surface area contributed by atoms with Crippen molar-refractivity contribution in [1.29, 1.82) is 0 Å². The lowest BCUT2D eigenvalue weighted by atomic mass is 10.2. The third-order valence-corrected chi connectivity index (χ3v) is 1.20. The zero-order chi connectivity index (χ0) is 7.11. The minimum Gasteiger partial charge on any atom is -0.294 e. The molecule has 0 atom stereocenters. The van der Waals surface area contributed by atoms with Crippen molar-refractivity contribution in [3.05, 3.63) is 6.92 Å². The summed E-state index contributed by atoms with van der Waals surface area (Å²) in [6.07, 6.45) is 3.53. The van der Waals surface area contributed by atoms with Crippen molar-refractivity contribution in [2.24, 2.45) is 4.99 Å². The van der Waals surface area contributed by atoms with Gasteiger partial charge in [-0.1, -0.05) is 13.3 Å². The second-order valence-electron chi connectivity index (χ2n) is 2.14. The van der Waals surface area contributed by atoms with Gasteiger partial charge in [0.25, 0.3) is 0 Å². The Hall–Kier alpha value is -0.330. The number of aliphatic imine (C=N–C) groups is 1. The molecule has 0 saturated heterocycles. The second-order valence-corrected chi connectivity index (χ2v) is 2.14. The zero-order valence-corrected chi connectivity index (χ0v) is 6.48. The summed E-state index contributed by atoms with van der Waals surface area (Å²) in [7, 11) is 0. The minimum absolute atomic E-state index is 0.878. The van der Waals surface area contributed by atoms with Crippen LogP contribution in [-0.4, -0.2) is 12.3 Å². The SMILES string of the molecule is [CH2]C(CCCC)=NCC. The molecule has 0 spiro atoms. The van der Waals surface area contributed by atoms with Crippen LogP contribution in [0, 0.1) is 6.92 Å². The third kappa shape index (κ3) is 5.54. The molecule has 0 saturated carbocycles. The molecule has 0 aliphatic heterocycles. The molecule has 1 radical (unpaired) electrons. The molecule has 0 aromatic carbocycles.